The van der Waals surface area contributed by atoms with Crippen molar-refractivity contribution in [3.63, 3.8) is 0 Å². The van der Waals surface area contributed by atoms with E-state index in [9.17, 15) is 0 Å². The second kappa shape index (κ2) is 6.31. The van der Waals surface area contributed by atoms with E-state index in [2.05, 4.69) is 12.2 Å². The van der Waals surface area contributed by atoms with E-state index >= 15 is 0 Å². The van der Waals surface area contributed by atoms with E-state index in [4.69, 9.17) is 10.8 Å². The maximum atomic E-state index is 6.23. The number of nitrogens with one attached hydrogen (secondary N) is 1. The largest absolute Gasteiger partial charge is 0.383 e. The lowest BCUT2D eigenvalue weighted by atomic mass is 9.92. The SMILES string of the molecule is Cc1c(CCC2CCNCC2)nn(-c2ccccc2)c1N. The Balaban J connectivity index is 1.74. The first kappa shape index (κ1) is 14.1. The molecule has 0 atom stereocenters. The van der Waals surface area contributed by atoms with Crippen LogP contribution in [0.2, 0.25) is 0 Å². The molecule has 1 aliphatic heterocycles. The second-order valence-electron chi connectivity index (χ2n) is 5.94. The van der Waals surface area contributed by atoms with Crippen LogP contribution in [-0.2, 0) is 6.42 Å². The summed E-state index contributed by atoms with van der Waals surface area (Å²) >= 11 is 0. The number of piperidine rings is 1. The number of anilines is 1. The third-order valence-electron chi connectivity index (χ3n) is 4.51. The van der Waals surface area contributed by atoms with E-state index in [0.29, 0.717) is 0 Å². The molecule has 0 spiro atoms. The van der Waals surface area contributed by atoms with Gasteiger partial charge in [0.25, 0.3) is 0 Å². The summed E-state index contributed by atoms with van der Waals surface area (Å²) in [5.74, 6) is 1.59. The van der Waals surface area contributed by atoms with E-state index in [0.717, 1.165) is 48.2 Å². The Morgan fingerprint density at radius 1 is 1.24 bits per heavy atom. The Bertz CT molecular complexity index is 582. The van der Waals surface area contributed by atoms with Crippen molar-refractivity contribution in [2.75, 3.05) is 18.8 Å². The molecule has 3 rings (SSSR count). The van der Waals surface area contributed by atoms with Crippen molar-refractivity contribution in [3.8, 4) is 5.69 Å². The average Bonchev–Trinajstić information content (AvgIpc) is 2.83. The summed E-state index contributed by atoms with van der Waals surface area (Å²) in [6.07, 6.45) is 4.82. The molecule has 1 fully saturated rings. The highest BCUT2D eigenvalue weighted by Gasteiger charge is 2.17. The maximum Gasteiger partial charge on any atom is 0.130 e. The van der Waals surface area contributed by atoms with E-state index in [1.807, 2.05) is 35.0 Å². The van der Waals surface area contributed by atoms with Gasteiger partial charge in [-0.05, 0) is 63.7 Å². The number of benzene rings is 1. The molecular formula is C17H24N4. The van der Waals surface area contributed by atoms with Crippen LogP contribution in [-0.4, -0.2) is 22.9 Å². The molecule has 3 N–H and O–H groups in total. The number of nitrogens with zero attached hydrogens (tertiary/aromatic N) is 2. The molecule has 21 heavy (non-hydrogen) atoms. The second-order valence-corrected chi connectivity index (χ2v) is 5.94. The number of rotatable bonds is 4. The first-order valence-corrected chi connectivity index (χ1v) is 7.86. The van der Waals surface area contributed by atoms with Crippen LogP contribution < -0.4 is 11.1 Å². The monoisotopic (exact) mass is 284 g/mol. The number of para-hydroxylation sites is 1. The standard InChI is InChI=1S/C17H24N4/c1-13-16(8-7-14-9-11-19-12-10-14)20-21(17(13)18)15-5-3-2-4-6-15/h2-6,14,19H,7-12,18H2,1H3. The Labute approximate surface area is 126 Å². The lowest BCUT2D eigenvalue weighted by Crippen LogP contribution is -2.27. The van der Waals surface area contributed by atoms with Gasteiger partial charge in [0.1, 0.15) is 5.82 Å². The number of hydrogen-bond donors (Lipinski definition) is 2. The molecule has 1 aliphatic rings. The van der Waals surface area contributed by atoms with Gasteiger partial charge in [-0.1, -0.05) is 18.2 Å². The highest BCUT2D eigenvalue weighted by molar-refractivity contribution is 5.49. The van der Waals surface area contributed by atoms with Crippen LogP contribution in [0.4, 0.5) is 5.82 Å². The first-order valence-electron chi connectivity index (χ1n) is 7.86. The van der Waals surface area contributed by atoms with Crippen molar-refractivity contribution in [3.05, 3.63) is 41.6 Å². The Hall–Kier alpha value is -1.81. The summed E-state index contributed by atoms with van der Waals surface area (Å²) in [5.41, 5.74) is 9.55. The van der Waals surface area contributed by atoms with Crippen LogP contribution in [0.5, 0.6) is 0 Å². The lowest BCUT2D eigenvalue weighted by molar-refractivity contribution is 0.353. The lowest BCUT2D eigenvalue weighted by Gasteiger charge is -2.22. The Morgan fingerprint density at radius 2 is 1.95 bits per heavy atom. The van der Waals surface area contributed by atoms with Gasteiger partial charge >= 0.3 is 0 Å². The molecule has 1 aromatic carbocycles. The third-order valence-corrected chi connectivity index (χ3v) is 4.51. The summed E-state index contributed by atoms with van der Waals surface area (Å²) in [6, 6.07) is 10.1. The zero-order valence-corrected chi connectivity index (χ0v) is 12.7. The number of nitrogens with two attached hydrogens (primary N) is 1. The number of aryl methyl sites for hydroxylation is 1. The van der Waals surface area contributed by atoms with E-state index in [1.165, 1.54) is 19.3 Å². The predicted molar refractivity (Wildman–Crippen MR) is 86.6 cm³/mol. The fraction of sp³-hybridized carbons (Fsp3) is 0.471. The molecule has 0 unspecified atom stereocenters. The van der Waals surface area contributed by atoms with Crippen molar-refractivity contribution < 1.29 is 0 Å². The number of nitrogen functional groups attached to an aromatic ring is 1. The van der Waals surface area contributed by atoms with Crippen molar-refractivity contribution in [1.82, 2.24) is 15.1 Å². The quantitative estimate of drug-likeness (QED) is 0.907. The minimum Gasteiger partial charge on any atom is -0.383 e. The molecule has 2 heterocycles. The van der Waals surface area contributed by atoms with Gasteiger partial charge in [0.2, 0.25) is 0 Å². The van der Waals surface area contributed by atoms with Crippen LogP contribution >= 0.6 is 0 Å². The molecule has 0 radical (unpaired) electrons. The first-order chi connectivity index (χ1) is 10.3. The van der Waals surface area contributed by atoms with Crippen LogP contribution in [0.25, 0.3) is 5.69 Å². The molecule has 2 aromatic rings. The average molecular weight is 284 g/mol. The molecular weight excluding hydrogens is 260 g/mol. The molecule has 1 saturated heterocycles. The van der Waals surface area contributed by atoms with Crippen LogP contribution in [0.3, 0.4) is 0 Å². The summed E-state index contributed by atoms with van der Waals surface area (Å²) in [6.45, 7) is 4.40. The number of aromatic nitrogens is 2. The van der Waals surface area contributed by atoms with Gasteiger partial charge in [0.15, 0.2) is 0 Å². The zero-order valence-electron chi connectivity index (χ0n) is 12.7. The van der Waals surface area contributed by atoms with Crippen LogP contribution in [0.15, 0.2) is 30.3 Å². The summed E-state index contributed by atoms with van der Waals surface area (Å²) < 4.78 is 1.87. The normalized spacial score (nSPS) is 16.2. The van der Waals surface area contributed by atoms with Crippen LogP contribution in [0, 0.1) is 12.8 Å². The van der Waals surface area contributed by atoms with Gasteiger partial charge < -0.3 is 11.1 Å². The minimum atomic E-state index is 0.765. The van der Waals surface area contributed by atoms with Crippen molar-refractivity contribution in [2.45, 2.75) is 32.6 Å². The smallest absolute Gasteiger partial charge is 0.130 e. The van der Waals surface area contributed by atoms with Crippen molar-refractivity contribution in [1.29, 1.82) is 0 Å². The predicted octanol–water partition coefficient (Wildman–Crippen LogP) is 2.70. The Morgan fingerprint density at radius 3 is 2.67 bits per heavy atom. The third kappa shape index (κ3) is 3.10. The van der Waals surface area contributed by atoms with Crippen molar-refractivity contribution >= 4 is 5.82 Å². The molecule has 4 nitrogen and oxygen atoms in total. The molecule has 112 valence electrons. The number of hydrogen-bond acceptors (Lipinski definition) is 3. The zero-order chi connectivity index (χ0) is 14.7. The van der Waals surface area contributed by atoms with E-state index in [-0.39, 0.29) is 0 Å². The van der Waals surface area contributed by atoms with Gasteiger partial charge in [0.05, 0.1) is 11.4 Å². The van der Waals surface area contributed by atoms with Gasteiger partial charge in [-0.25, -0.2) is 4.68 Å². The van der Waals surface area contributed by atoms with Gasteiger partial charge in [0, 0.05) is 5.56 Å². The molecule has 1 aromatic heterocycles. The fourth-order valence-corrected chi connectivity index (χ4v) is 3.07. The topological polar surface area (TPSA) is 55.9 Å². The minimum absolute atomic E-state index is 0.765. The van der Waals surface area contributed by atoms with Gasteiger partial charge in [-0.15, -0.1) is 0 Å². The molecule has 0 saturated carbocycles. The summed E-state index contributed by atoms with van der Waals surface area (Å²) in [7, 11) is 0. The highest BCUT2D eigenvalue weighted by atomic mass is 15.3. The van der Waals surface area contributed by atoms with Gasteiger partial charge in [-0.3, -0.25) is 0 Å². The van der Waals surface area contributed by atoms with Crippen LogP contribution in [0.1, 0.15) is 30.5 Å². The van der Waals surface area contributed by atoms with E-state index in [1.54, 1.807) is 0 Å². The van der Waals surface area contributed by atoms with Gasteiger partial charge in [-0.2, -0.15) is 5.10 Å². The molecule has 0 bridgehead atoms. The summed E-state index contributed by atoms with van der Waals surface area (Å²) in [5, 5.41) is 8.16. The molecule has 4 heteroatoms. The Kier molecular flexibility index (Phi) is 4.25. The summed E-state index contributed by atoms with van der Waals surface area (Å²) in [4.78, 5) is 0. The maximum absolute atomic E-state index is 6.23. The molecule has 0 amide bonds. The highest BCUT2D eigenvalue weighted by Crippen LogP contribution is 2.24. The van der Waals surface area contributed by atoms with E-state index < -0.39 is 0 Å². The molecule has 0 aliphatic carbocycles. The van der Waals surface area contributed by atoms with Crippen molar-refractivity contribution in [2.24, 2.45) is 5.92 Å². The fourth-order valence-electron chi connectivity index (χ4n) is 3.07.